The van der Waals surface area contributed by atoms with Crippen molar-refractivity contribution < 1.29 is 0 Å². The number of hydrogen-bond acceptors (Lipinski definition) is 2. The van der Waals surface area contributed by atoms with E-state index in [4.69, 9.17) is 0 Å². The van der Waals surface area contributed by atoms with Crippen LogP contribution in [0.3, 0.4) is 0 Å². The molecule has 0 radical (unpaired) electrons. The molecule has 0 aliphatic carbocycles. The molecule has 0 unspecified atom stereocenters. The number of pyridine rings is 1. The average molecular weight is 321 g/mol. The van der Waals surface area contributed by atoms with Crippen LogP contribution in [0, 0.1) is 3.57 Å². The average Bonchev–Trinajstić information content (AvgIpc) is 2.75. The predicted molar refractivity (Wildman–Crippen MR) is 71.6 cm³/mol. The van der Waals surface area contributed by atoms with Crippen molar-refractivity contribution in [1.29, 1.82) is 0 Å². The second-order valence-electron chi connectivity index (χ2n) is 3.45. The van der Waals surface area contributed by atoms with E-state index in [1.807, 2.05) is 47.5 Å². The molecule has 78 valence electrons. The Morgan fingerprint density at radius 2 is 2.00 bits per heavy atom. The Hall–Kier alpha value is -1.43. The highest BCUT2D eigenvalue weighted by Gasteiger charge is 2.04. The summed E-state index contributed by atoms with van der Waals surface area (Å²) in [7, 11) is 0. The van der Waals surface area contributed by atoms with Gasteiger partial charge in [-0.2, -0.15) is 5.10 Å². The normalized spacial score (nSPS) is 10.8. The Bertz CT molecular complexity index is 640. The first-order chi connectivity index (χ1) is 7.84. The second-order valence-corrected chi connectivity index (χ2v) is 4.70. The minimum Gasteiger partial charge on any atom is -0.256 e. The number of benzene rings is 1. The van der Waals surface area contributed by atoms with Gasteiger partial charge in [0.2, 0.25) is 0 Å². The van der Waals surface area contributed by atoms with Crippen LogP contribution in [0.25, 0.3) is 16.6 Å². The van der Waals surface area contributed by atoms with Crippen LogP contribution < -0.4 is 0 Å². The first-order valence-corrected chi connectivity index (χ1v) is 5.97. The third-order valence-electron chi connectivity index (χ3n) is 2.42. The van der Waals surface area contributed by atoms with Gasteiger partial charge in [-0.15, -0.1) is 0 Å². The van der Waals surface area contributed by atoms with Crippen molar-refractivity contribution in [3.63, 3.8) is 0 Å². The fourth-order valence-electron chi connectivity index (χ4n) is 1.71. The largest absolute Gasteiger partial charge is 0.256 e. The maximum absolute atomic E-state index is 4.33. The van der Waals surface area contributed by atoms with Crippen LogP contribution >= 0.6 is 22.6 Å². The second kappa shape index (κ2) is 3.86. The van der Waals surface area contributed by atoms with Gasteiger partial charge in [-0.3, -0.25) is 4.98 Å². The van der Waals surface area contributed by atoms with E-state index in [1.165, 1.54) is 0 Å². The molecule has 16 heavy (non-hydrogen) atoms. The fraction of sp³-hybridized carbons (Fsp3) is 0. The van der Waals surface area contributed by atoms with Crippen LogP contribution in [0.15, 0.2) is 48.9 Å². The summed E-state index contributed by atoms with van der Waals surface area (Å²) in [4.78, 5) is 4.33. The monoisotopic (exact) mass is 321 g/mol. The van der Waals surface area contributed by atoms with Gasteiger partial charge in [-0.1, -0.05) is 18.2 Å². The highest BCUT2D eigenvalue weighted by molar-refractivity contribution is 14.1. The zero-order valence-corrected chi connectivity index (χ0v) is 10.5. The molecule has 3 aromatic rings. The van der Waals surface area contributed by atoms with Gasteiger partial charge in [0.15, 0.2) is 0 Å². The van der Waals surface area contributed by atoms with Gasteiger partial charge in [0, 0.05) is 17.8 Å². The van der Waals surface area contributed by atoms with Crippen LogP contribution in [-0.2, 0) is 0 Å². The molecule has 1 aromatic carbocycles. The van der Waals surface area contributed by atoms with Gasteiger partial charge in [0.25, 0.3) is 0 Å². The number of rotatable bonds is 1. The molecule has 3 rings (SSSR count). The van der Waals surface area contributed by atoms with E-state index in [9.17, 15) is 0 Å². The van der Waals surface area contributed by atoms with Crippen molar-refractivity contribution in [2.24, 2.45) is 0 Å². The summed E-state index contributed by atoms with van der Waals surface area (Å²) in [6.45, 7) is 0. The van der Waals surface area contributed by atoms with Crippen LogP contribution in [-0.4, -0.2) is 14.8 Å². The molecule has 0 aliphatic rings. The van der Waals surface area contributed by atoms with Crippen molar-refractivity contribution >= 4 is 33.5 Å². The fourth-order valence-corrected chi connectivity index (χ4v) is 2.10. The van der Waals surface area contributed by atoms with Crippen molar-refractivity contribution in [3.8, 4) is 5.69 Å². The Kier molecular flexibility index (Phi) is 2.36. The molecule has 0 fully saturated rings. The Morgan fingerprint density at radius 3 is 2.81 bits per heavy atom. The molecular weight excluding hydrogens is 313 g/mol. The highest BCUT2D eigenvalue weighted by Crippen LogP contribution is 2.20. The number of halogens is 1. The molecular formula is C12H8IN3. The number of para-hydroxylation sites is 1. The van der Waals surface area contributed by atoms with Gasteiger partial charge in [-0.25, -0.2) is 4.68 Å². The molecule has 0 aliphatic heterocycles. The highest BCUT2D eigenvalue weighted by atomic mass is 127. The van der Waals surface area contributed by atoms with Gasteiger partial charge in [0.05, 0.1) is 21.0 Å². The maximum atomic E-state index is 4.33. The molecule has 0 atom stereocenters. The van der Waals surface area contributed by atoms with Gasteiger partial charge < -0.3 is 0 Å². The number of nitrogens with zero attached hydrogens (tertiary/aromatic N) is 3. The molecule has 0 bridgehead atoms. The van der Waals surface area contributed by atoms with E-state index in [1.54, 1.807) is 0 Å². The summed E-state index contributed by atoms with van der Waals surface area (Å²) in [6.07, 6.45) is 5.66. The summed E-state index contributed by atoms with van der Waals surface area (Å²) in [5.41, 5.74) is 2.05. The third kappa shape index (κ3) is 1.59. The third-order valence-corrected chi connectivity index (χ3v) is 2.98. The molecule has 0 saturated carbocycles. The summed E-state index contributed by atoms with van der Waals surface area (Å²) in [6, 6.07) is 10.1. The van der Waals surface area contributed by atoms with E-state index < -0.39 is 0 Å². The lowest BCUT2D eigenvalue weighted by Gasteiger charge is -2.04. The zero-order valence-electron chi connectivity index (χ0n) is 8.34. The summed E-state index contributed by atoms with van der Waals surface area (Å²) in [5.74, 6) is 0. The predicted octanol–water partition coefficient (Wildman–Crippen LogP) is 3.03. The first-order valence-electron chi connectivity index (χ1n) is 4.89. The number of aromatic nitrogens is 3. The van der Waals surface area contributed by atoms with E-state index in [-0.39, 0.29) is 0 Å². The lowest BCUT2D eigenvalue weighted by Crippen LogP contribution is -1.95. The molecule has 0 saturated heterocycles. The number of hydrogen-bond donors (Lipinski definition) is 0. The minimum atomic E-state index is 0.991. The van der Waals surface area contributed by atoms with E-state index in [0.717, 1.165) is 20.2 Å². The van der Waals surface area contributed by atoms with Gasteiger partial charge in [-0.05, 0) is 34.7 Å². The Balaban J connectivity index is 2.31. The summed E-state index contributed by atoms with van der Waals surface area (Å²) in [5, 5.41) is 5.43. The Morgan fingerprint density at radius 1 is 1.12 bits per heavy atom. The zero-order chi connectivity index (χ0) is 11.0. The van der Waals surface area contributed by atoms with Crippen LogP contribution in [0.2, 0.25) is 0 Å². The topological polar surface area (TPSA) is 30.7 Å². The van der Waals surface area contributed by atoms with Crippen molar-refractivity contribution in [2.45, 2.75) is 0 Å². The molecule has 2 heterocycles. The summed E-state index contributed by atoms with van der Waals surface area (Å²) < 4.78 is 3.00. The van der Waals surface area contributed by atoms with Crippen LogP contribution in [0.5, 0.6) is 0 Å². The minimum absolute atomic E-state index is 0.991. The molecule has 0 N–H and O–H groups in total. The van der Waals surface area contributed by atoms with Crippen LogP contribution in [0.4, 0.5) is 0 Å². The lowest BCUT2D eigenvalue weighted by atomic mass is 10.2. The smallest absolute Gasteiger partial charge is 0.0755 e. The van der Waals surface area contributed by atoms with E-state index in [0.29, 0.717) is 0 Å². The molecule has 4 heteroatoms. The van der Waals surface area contributed by atoms with Crippen molar-refractivity contribution in [1.82, 2.24) is 14.8 Å². The van der Waals surface area contributed by atoms with Gasteiger partial charge in [0.1, 0.15) is 0 Å². The number of fused-ring (bicyclic) bond motifs is 1. The lowest BCUT2D eigenvalue weighted by molar-refractivity contribution is 0.886. The van der Waals surface area contributed by atoms with E-state index in [2.05, 4.69) is 38.7 Å². The molecule has 3 nitrogen and oxygen atoms in total. The standard InChI is InChI=1S/C12H8IN3/c13-9-7-15-16(8-9)12-5-6-14-11-4-2-1-3-10(11)12/h1-8H. The van der Waals surface area contributed by atoms with Crippen molar-refractivity contribution in [3.05, 3.63) is 52.5 Å². The van der Waals surface area contributed by atoms with Crippen LogP contribution in [0.1, 0.15) is 0 Å². The SMILES string of the molecule is Ic1cnn(-c2ccnc3ccccc23)c1. The molecule has 0 amide bonds. The van der Waals surface area contributed by atoms with Crippen molar-refractivity contribution in [2.75, 3.05) is 0 Å². The Labute approximate surface area is 106 Å². The van der Waals surface area contributed by atoms with Gasteiger partial charge >= 0.3 is 0 Å². The molecule has 2 aromatic heterocycles. The quantitative estimate of drug-likeness (QED) is 0.645. The first kappa shape index (κ1) is 9.77. The maximum Gasteiger partial charge on any atom is 0.0755 e. The molecule has 0 spiro atoms. The van der Waals surface area contributed by atoms with E-state index >= 15 is 0 Å². The summed E-state index contributed by atoms with van der Waals surface area (Å²) >= 11 is 2.25.